The molecule has 138 valence electrons. The fourth-order valence-electron chi connectivity index (χ4n) is 4.05. The number of carbonyl (C=O) groups is 1. The summed E-state index contributed by atoms with van der Waals surface area (Å²) in [5, 5.41) is 0. The van der Waals surface area contributed by atoms with E-state index >= 15 is 0 Å². The quantitative estimate of drug-likeness (QED) is 0.822. The summed E-state index contributed by atoms with van der Waals surface area (Å²) in [4.78, 5) is 16.9. The predicted molar refractivity (Wildman–Crippen MR) is 98.1 cm³/mol. The summed E-state index contributed by atoms with van der Waals surface area (Å²) in [7, 11) is 1.63. The van der Waals surface area contributed by atoms with Crippen molar-refractivity contribution in [1.82, 2.24) is 9.80 Å². The van der Waals surface area contributed by atoms with Gasteiger partial charge in [0.1, 0.15) is 11.5 Å². The molecule has 5 nitrogen and oxygen atoms in total. The number of carbonyl (C=O) groups excluding carboxylic acids is 1. The van der Waals surface area contributed by atoms with Crippen LogP contribution in [0.4, 0.5) is 0 Å². The van der Waals surface area contributed by atoms with Crippen LogP contribution in [-0.4, -0.2) is 61.6 Å². The maximum Gasteiger partial charge on any atom is 0.260 e. The molecule has 3 rings (SSSR count). The number of benzene rings is 1. The van der Waals surface area contributed by atoms with Crippen molar-refractivity contribution >= 4 is 5.91 Å². The van der Waals surface area contributed by atoms with Crippen LogP contribution < -0.4 is 9.47 Å². The monoisotopic (exact) mass is 346 g/mol. The first-order chi connectivity index (χ1) is 12.2. The molecule has 0 N–H and O–H groups in total. The minimum atomic E-state index is 0.0761. The van der Waals surface area contributed by atoms with Crippen molar-refractivity contribution in [1.29, 1.82) is 0 Å². The van der Waals surface area contributed by atoms with Crippen LogP contribution in [0.3, 0.4) is 0 Å². The topological polar surface area (TPSA) is 42.0 Å². The van der Waals surface area contributed by atoms with Gasteiger partial charge in [-0.05, 0) is 43.0 Å². The van der Waals surface area contributed by atoms with E-state index in [2.05, 4.69) is 11.8 Å². The zero-order valence-corrected chi connectivity index (χ0v) is 15.4. The van der Waals surface area contributed by atoms with E-state index < -0.39 is 0 Å². The van der Waals surface area contributed by atoms with Crippen molar-refractivity contribution in [3.8, 4) is 11.5 Å². The Labute approximate surface area is 150 Å². The van der Waals surface area contributed by atoms with Crippen LogP contribution in [0.15, 0.2) is 24.3 Å². The van der Waals surface area contributed by atoms with Crippen LogP contribution in [0.5, 0.6) is 11.5 Å². The Morgan fingerprint density at radius 1 is 1.04 bits per heavy atom. The molecule has 0 aromatic heterocycles. The van der Waals surface area contributed by atoms with E-state index in [0.717, 1.165) is 37.8 Å². The first kappa shape index (κ1) is 18.1. The van der Waals surface area contributed by atoms with E-state index in [0.29, 0.717) is 11.8 Å². The van der Waals surface area contributed by atoms with Crippen LogP contribution >= 0.6 is 0 Å². The average molecular weight is 346 g/mol. The summed E-state index contributed by atoms with van der Waals surface area (Å²) in [6, 6.07) is 8.04. The highest BCUT2D eigenvalue weighted by atomic mass is 16.5. The Morgan fingerprint density at radius 2 is 1.68 bits per heavy atom. The summed E-state index contributed by atoms with van der Waals surface area (Å²) in [5.74, 6) is 2.34. The number of ether oxygens (including phenoxy) is 2. The molecule has 0 radical (unpaired) electrons. The molecule has 25 heavy (non-hydrogen) atoms. The summed E-state index contributed by atoms with van der Waals surface area (Å²) >= 11 is 0. The summed E-state index contributed by atoms with van der Waals surface area (Å²) in [5.41, 5.74) is 0. The van der Waals surface area contributed by atoms with E-state index in [1.165, 1.54) is 25.7 Å². The van der Waals surface area contributed by atoms with Crippen LogP contribution in [0.25, 0.3) is 0 Å². The molecule has 5 heteroatoms. The first-order valence-electron chi connectivity index (χ1n) is 9.46. The lowest BCUT2D eigenvalue weighted by atomic mass is 9.84. The summed E-state index contributed by atoms with van der Waals surface area (Å²) in [6.45, 7) is 6.09. The molecular formula is C20H30N2O3. The minimum absolute atomic E-state index is 0.0761. The normalized spacial score (nSPS) is 24.8. The third-order valence-corrected chi connectivity index (χ3v) is 5.62. The minimum Gasteiger partial charge on any atom is -0.497 e. The number of hydrogen-bond donors (Lipinski definition) is 0. The van der Waals surface area contributed by atoms with Gasteiger partial charge in [0.2, 0.25) is 0 Å². The van der Waals surface area contributed by atoms with Crippen LogP contribution in [-0.2, 0) is 4.79 Å². The highest BCUT2D eigenvalue weighted by molar-refractivity contribution is 5.77. The first-order valence-corrected chi connectivity index (χ1v) is 9.46. The van der Waals surface area contributed by atoms with Gasteiger partial charge in [-0.25, -0.2) is 0 Å². The Hall–Kier alpha value is -1.75. The van der Waals surface area contributed by atoms with Crippen molar-refractivity contribution in [2.75, 3.05) is 39.9 Å². The van der Waals surface area contributed by atoms with E-state index in [1.807, 2.05) is 29.2 Å². The Kier molecular flexibility index (Phi) is 6.19. The van der Waals surface area contributed by atoms with Crippen LogP contribution in [0.2, 0.25) is 0 Å². The molecule has 1 aliphatic heterocycles. The Morgan fingerprint density at radius 3 is 2.32 bits per heavy atom. The fraction of sp³-hybridized carbons (Fsp3) is 0.650. The van der Waals surface area contributed by atoms with E-state index in [9.17, 15) is 4.79 Å². The van der Waals surface area contributed by atoms with Crippen molar-refractivity contribution in [3.63, 3.8) is 0 Å². The number of rotatable bonds is 5. The third kappa shape index (κ3) is 4.66. The number of amides is 1. The van der Waals surface area contributed by atoms with E-state index in [-0.39, 0.29) is 12.5 Å². The van der Waals surface area contributed by atoms with Crippen molar-refractivity contribution in [3.05, 3.63) is 24.3 Å². The third-order valence-electron chi connectivity index (χ3n) is 5.62. The molecule has 1 aliphatic carbocycles. The smallest absolute Gasteiger partial charge is 0.260 e. The highest BCUT2D eigenvalue weighted by Gasteiger charge is 2.30. The Bertz CT molecular complexity index is 553. The predicted octanol–water partition coefficient (Wildman–Crippen LogP) is 2.80. The molecule has 0 unspecified atom stereocenters. The van der Waals surface area contributed by atoms with Gasteiger partial charge in [0.25, 0.3) is 5.91 Å². The lowest BCUT2D eigenvalue weighted by Gasteiger charge is -2.43. The van der Waals surface area contributed by atoms with Gasteiger partial charge in [0, 0.05) is 32.2 Å². The van der Waals surface area contributed by atoms with Crippen molar-refractivity contribution in [2.24, 2.45) is 5.92 Å². The molecule has 0 bridgehead atoms. The maximum atomic E-state index is 12.4. The molecule has 2 atom stereocenters. The molecular weight excluding hydrogens is 316 g/mol. The SMILES string of the molecule is COc1ccc(OCC(=O)N2CCN([C@@H]3CCCC[C@@H]3C)CC2)cc1. The second-order valence-electron chi connectivity index (χ2n) is 7.21. The maximum absolute atomic E-state index is 12.4. The van der Waals surface area contributed by atoms with Crippen molar-refractivity contribution < 1.29 is 14.3 Å². The van der Waals surface area contributed by atoms with Crippen molar-refractivity contribution in [2.45, 2.75) is 38.6 Å². The standard InChI is InChI=1S/C20H30N2O3/c1-16-5-3-4-6-19(16)21-11-13-22(14-12-21)20(23)15-25-18-9-7-17(24-2)8-10-18/h7-10,16,19H,3-6,11-15H2,1-2H3/t16-,19+/m0/s1. The summed E-state index contributed by atoms with van der Waals surface area (Å²) in [6.07, 6.45) is 5.39. The molecule has 0 spiro atoms. The average Bonchev–Trinajstić information content (AvgIpc) is 2.67. The molecule has 1 aromatic rings. The van der Waals surface area contributed by atoms with E-state index in [1.54, 1.807) is 7.11 Å². The van der Waals surface area contributed by atoms with Gasteiger partial charge >= 0.3 is 0 Å². The number of methoxy groups -OCH3 is 1. The van der Waals surface area contributed by atoms with Crippen LogP contribution in [0.1, 0.15) is 32.6 Å². The zero-order valence-electron chi connectivity index (χ0n) is 15.4. The molecule has 1 saturated heterocycles. The van der Waals surface area contributed by atoms with Gasteiger partial charge in [0.05, 0.1) is 7.11 Å². The molecule has 1 saturated carbocycles. The molecule has 2 fully saturated rings. The molecule has 1 amide bonds. The van der Waals surface area contributed by atoms with Gasteiger partial charge in [-0.1, -0.05) is 19.8 Å². The molecule has 1 aromatic carbocycles. The van der Waals surface area contributed by atoms with Gasteiger partial charge < -0.3 is 14.4 Å². The van der Waals surface area contributed by atoms with Gasteiger partial charge in [-0.15, -0.1) is 0 Å². The zero-order chi connectivity index (χ0) is 17.6. The number of hydrogen-bond acceptors (Lipinski definition) is 4. The number of piperazine rings is 1. The lowest BCUT2D eigenvalue weighted by molar-refractivity contribution is -0.135. The second-order valence-corrected chi connectivity index (χ2v) is 7.21. The second kappa shape index (κ2) is 8.56. The van der Waals surface area contributed by atoms with Gasteiger partial charge in [-0.3, -0.25) is 9.69 Å². The highest BCUT2D eigenvalue weighted by Crippen LogP contribution is 2.28. The summed E-state index contributed by atoms with van der Waals surface area (Å²) < 4.78 is 10.7. The molecule has 1 heterocycles. The fourth-order valence-corrected chi connectivity index (χ4v) is 4.05. The largest absolute Gasteiger partial charge is 0.497 e. The molecule has 2 aliphatic rings. The Balaban J connectivity index is 1.43. The van der Waals surface area contributed by atoms with E-state index in [4.69, 9.17) is 9.47 Å². The van der Waals surface area contributed by atoms with Gasteiger partial charge in [-0.2, -0.15) is 0 Å². The van der Waals surface area contributed by atoms with Gasteiger partial charge in [0.15, 0.2) is 6.61 Å². The lowest BCUT2D eigenvalue weighted by Crippen LogP contribution is -2.54. The number of nitrogens with zero attached hydrogens (tertiary/aromatic N) is 2. The van der Waals surface area contributed by atoms with Crippen LogP contribution in [0, 0.1) is 5.92 Å².